The number of hydrogen-bond donors (Lipinski definition) is 1. The fraction of sp³-hybridized carbons (Fsp3) is 0.917. The molecule has 0 saturated carbocycles. The first kappa shape index (κ1) is 13.0. The lowest BCUT2D eigenvalue weighted by molar-refractivity contribution is 0.151. The Bertz CT molecular complexity index is 258. The molecule has 2 saturated heterocycles. The number of carbonyl (C=O) groups is 1. The van der Waals surface area contributed by atoms with Gasteiger partial charge in [0.25, 0.3) is 0 Å². The molecule has 4 nitrogen and oxygen atoms in total. The minimum Gasteiger partial charge on any atom is -0.331 e. The van der Waals surface area contributed by atoms with Gasteiger partial charge >= 0.3 is 6.03 Å². The van der Waals surface area contributed by atoms with Gasteiger partial charge in [-0.1, -0.05) is 0 Å². The summed E-state index contributed by atoms with van der Waals surface area (Å²) in [6.07, 6.45) is 3.50. The first-order valence-corrected chi connectivity index (χ1v) is 7.62. The SMILES string of the molecule is CN(C)C(=O)N1CCC(NC2CCSC2)CC1. The molecular weight excluding hydrogens is 234 g/mol. The van der Waals surface area contributed by atoms with Crippen LogP contribution in [0.5, 0.6) is 0 Å². The van der Waals surface area contributed by atoms with Gasteiger partial charge in [0.05, 0.1) is 0 Å². The van der Waals surface area contributed by atoms with Gasteiger partial charge in [0.1, 0.15) is 0 Å². The van der Waals surface area contributed by atoms with Crippen LogP contribution >= 0.6 is 11.8 Å². The normalized spacial score (nSPS) is 26.2. The van der Waals surface area contributed by atoms with E-state index in [1.807, 2.05) is 30.8 Å². The molecule has 0 spiro atoms. The van der Waals surface area contributed by atoms with E-state index in [0.29, 0.717) is 12.1 Å². The zero-order chi connectivity index (χ0) is 12.3. The second-order valence-electron chi connectivity index (χ2n) is 5.17. The molecule has 2 rings (SSSR count). The van der Waals surface area contributed by atoms with Crippen LogP contribution in [0.2, 0.25) is 0 Å². The van der Waals surface area contributed by atoms with Gasteiger partial charge < -0.3 is 15.1 Å². The summed E-state index contributed by atoms with van der Waals surface area (Å²) in [4.78, 5) is 15.4. The molecule has 0 bridgehead atoms. The van der Waals surface area contributed by atoms with Gasteiger partial charge in [0.2, 0.25) is 0 Å². The zero-order valence-electron chi connectivity index (χ0n) is 10.8. The van der Waals surface area contributed by atoms with Crippen molar-refractivity contribution >= 4 is 17.8 Å². The molecule has 2 heterocycles. The molecular formula is C12H23N3OS. The summed E-state index contributed by atoms with van der Waals surface area (Å²) in [6, 6.07) is 1.48. The number of likely N-dealkylation sites (tertiary alicyclic amines) is 1. The summed E-state index contributed by atoms with van der Waals surface area (Å²) < 4.78 is 0. The summed E-state index contributed by atoms with van der Waals surface area (Å²) in [7, 11) is 3.64. The number of piperidine rings is 1. The molecule has 0 aromatic heterocycles. The number of carbonyl (C=O) groups excluding carboxylic acids is 1. The van der Waals surface area contributed by atoms with E-state index in [2.05, 4.69) is 5.32 Å². The predicted octanol–water partition coefficient (Wildman–Crippen LogP) is 1.23. The molecule has 17 heavy (non-hydrogen) atoms. The van der Waals surface area contributed by atoms with Crippen LogP contribution in [0.1, 0.15) is 19.3 Å². The van der Waals surface area contributed by atoms with Gasteiger partial charge in [-0.05, 0) is 25.0 Å². The lowest BCUT2D eigenvalue weighted by Crippen LogP contribution is -2.50. The number of nitrogens with one attached hydrogen (secondary N) is 1. The zero-order valence-corrected chi connectivity index (χ0v) is 11.6. The Balaban J connectivity index is 1.72. The third-order valence-corrected chi connectivity index (χ3v) is 4.71. The maximum Gasteiger partial charge on any atom is 0.319 e. The minimum atomic E-state index is 0.153. The lowest BCUT2D eigenvalue weighted by atomic mass is 10.0. The van der Waals surface area contributed by atoms with E-state index >= 15 is 0 Å². The number of urea groups is 1. The van der Waals surface area contributed by atoms with Crippen molar-refractivity contribution in [2.24, 2.45) is 0 Å². The molecule has 1 atom stereocenters. The monoisotopic (exact) mass is 257 g/mol. The Labute approximate surface area is 108 Å². The predicted molar refractivity (Wildman–Crippen MR) is 72.5 cm³/mol. The second kappa shape index (κ2) is 5.96. The van der Waals surface area contributed by atoms with E-state index < -0.39 is 0 Å². The van der Waals surface area contributed by atoms with Crippen molar-refractivity contribution in [3.05, 3.63) is 0 Å². The number of thioether (sulfide) groups is 1. The van der Waals surface area contributed by atoms with Crippen molar-refractivity contribution in [2.45, 2.75) is 31.3 Å². The molecule has 0 aromatic carbocycles. The highest BCUT2D eigenvalue weighted by atomic mass is 32.2. The number of nitrogens with zero attached hydrogens (tertiary/aromatic N) is 2. The molecule has 0 aliphatic carbocycles. The van der Waals surface area contributed by atoms with Gasteiger partial charge in [0.15, 0.2) is 0 Å². The summed E-state index contributed by atoms with van der Waals surface area (Å²) in [5.41, 5.74) is 0. The van der Waals surface area contributed by atoms with Crippen molar-refractivity contribution in [1.82, 2.24) is 15.1 Å². The van der Waals surface area contributed by atoms with Crippen LogP contribution in [0, 0.1) is 0 Å². The Morgan fingerprint density at radius 1 is 1.24 bits per heavy atom. The van der Waals surface area contributed by atoms with E-state index in [1.54, 1.807) is 4.90 Å². The maximum absolute atomic E-state index is 11.8. The molecule has 1 unspecified atom stereocenters. The van der Waals surface area contributed by atoms with Gasteiger partial charge in [-0.2, -0.15) is 11.8 Å². The molecule has 98 valence electrons. The van der Waals surface area contributed by atoms with E-state index in [-0.39, 0.29) is 6.03 Å². The van der Waals surface area contributed by atoms with Gasteiger partial charge in [-0.3, -0.25) is 0 Å². The molecule has 2 fully saturated rings. The van der Waals surface area contributed by atoms with E-state index in [0.717, 1.165) is 25.9 Å². The van der Waals surface area contributed by atoms with Gasteiger partial charge in [0, 0.05) is 45.0 Å². The van der Waals surface area contributed by atoms with E-state index in [1.165, 1.54) is 17.9 Å². The standard InChI is InChI=1S/C12H23N3OS/c1-14(2)12(16)15-6-3-10(4-7-15)13-11-5-8-17-9-11/h10-11,13H,3-9H2,1-2H3. The quantitative estimate of drug-likeness (QED) is 0.808. The largest absolute Gasteiger partial charge is 0.331 e. The van der Waals surface area contributed by atoms with E-state index in [9.17, 15) is 4.79 Å². The summed E-state index contributed by atoms with van der Waals surface area (Å²) in [5, 5.41) is 3.73. The smallest absolute Gasteiger partial charge is 0.319 e. The van der Waals surface area contributed by atoms with Gasteiger partial charge in [-0.25, -0.2) is 4.79 Å². The maximum atomic E-state index is 11.8. The molecule has 2 amide bonds. The second-order valence-corrected chi connectivity index (χ2v) is 6.32. The Kier molecular flexibility index (Phi) is 4.56. The highest BCUT2D eigenvalue weighted by molar-refractivity contribution is 7.99. The Morgan fingerprint density at radius 3 is 2.47 bits per heavy atom. The number of rotatable bonds is 2. The molecule has 0 aromatic rings. The highest BCUT2D eigenvalue weighted by Gasteiger charge is 2.26. The third kappa shape index (κ3) is 3.52. The number of hydrogen-bond acceptors (Lipinski definition) is 3. The van der Waals surface area contributed by atoms with Crippen molar-refractivity contribution < 1.29 is 4.79 Å². The lowest BCUT2D eigenvalue weighted by Gasteiger charge is -2.35. The minimum absolute atomic E-state index is 0.153. The fourth-order valence-electron chi connectivity index (χ4n) is 2.52. The fourth-order valence-corrected chi connectivity index (χ4v) is 3.68. The third-order valence-electron chi connectivity index (χ3n) is 3.55. The summed E-state index contributed by atoms with van der Waals surface area (Å²) in [6.45, 7) is 1.79. The Morgan fingerprint density at radius 2 is 1.94 bits per heavy atom. The average molecular weight is 257 g/mol. The topological polar surface area (TPSA) is 35.6 Å². The number of amides is 2. The summed E-state index contributed by atoms with van der Waals surface area (Å²) in [5.74, 6) is 2.56. The Hall–Kier alpha value is -0.420. The van der Waals surface area contributed by atoms with Crippen LogP contribution in [-0.4, -0.2) is 66.6 Å². The van der Waals surface area contributed by atoms with Crippen LogP contribution in [0.25, 0.3) is 0 Å². The van der Waals surface area contributed by atoms with Crippen LogP contribution in [-0.2, 0) is 0 Å². The van der Waals surface area contributed by atoms with Crippen LogP contribution in [0.3, 0.4) is 0 Å². The summed E-state index contributed by atoms with van der Waals surface area (Å²) >= 11 is 2.05. The van der Waals surface area contributed by atoms with Gasteiger partial charge in [-0.15, -0.1) is 0 Å². The molecule has 1 N–H and O–H groups in total. The molecule has 5 heteroatoms. The van der Waals surface area contributed by atoms with Crippen LogP contribution < -0.4 is 5.32 Å². The molecule has 2 aliphatic heterocycles. The van der Waals surface area contributed by atoms with Crippen molar-refractivity contribution in [1.29, 1.82) is 0 Å². The first-order chi connectivity index (χ1) is 8.16. The average Bonchev–Trinajstić information content (AvgIpc) is 2.82. The molecule has 0 radical (unpaired) electrons. The highest BCUT2D eigenvalue weighted by Crippen LogP contribution is 2.20. The van der Waals surface area contributed by atoms with Crippen LogP contribution in [0.4, 0.5) is 4.79 Å². The van der Waals surface area contributed by atoms with Crippen molar-refractivity contribution in [2.75, 3.05) is 38.7 Å². The molecule has 2 aliphatic rings. The van der Waals surface area contributed by atoms with E-state index in [4.69, 9.17) is 0 Å². The van der Waals surface area contributed by atoms with Crippen molar-refractivity contribution in [3.63, 3.8) is 0 Å². The van der Waals surface area contributed by atoms with Crippen LogP contribution in [0.15, 0.2) is 0 Å². The first-order valence-electron chi connectivity index (χ1n) is 6.47. The van der Waals surface area contributed by atoms with Crippen molar-refractivity contribution in [3.8, 4) is 0 Å².